The second-order valence-corrected chi connectivity index (χ2v) is 17.3. The first-order chi connectivity index (χ1) is 24.0. The minimum absolute atomic E-state index is 0.0324. The molecule has 0 spiro atoms. The lowest BCUT2D eigenvalue weighted by Gasteiger charge is -2.41. The number of sulfonamides is 2. The topological polar surface area (TPSA) is 163 Å². The summed E-state index contributed by atoms with van der Waals surface area (Å²) in [4.78, 5) is 14.7. The Morgan fingerprint density at radius 1 is 0.922 bits per heavy atom. The van der Waals surface area contributed by atoms with Gasteiger partial charge < -0.3 is 15.2 Å². The molecule has 0 aromatic heterocycles. The van der Waals surface area contributed by atoms with E-state index in [9.17, 15) is 21.9 Å². The van der Waals surface area contributed by atoms with E-state index in [2.05, 4.69) is 40.5 Å². The molecule has 0 saturated heterocycles. The van der Waals surface area contributed by atoms with E-state index >= 15 is 4.79 Å². The Bertz CT molecular complexity index is 2280. The van der Waals surface area contributed by atoms with Crippen LogP contribution in [0.4, 0.5) is 11.4 Å². The fraction of sp³-hybridized carbons (Fsp3) is 0.263. The minimum Gasteiger partial charge on any atom is -0.506 e. The predicted molar refractivity (Wildman–Crippen MR) is 199 cm³/mol. The van der Waals surface area contributed by atoms with Gasteiger partial charge in [-0.2, -0.15) is 8.42 Å². The molecule has 4 aromatic rings. The molecule has 2 aliphatic rings. The summed E-state index contributed by atoms with van der Waals surface area (Å²) in [7, 11) is -8.13. The highest BCUT2D eigenvalue weighted by atomic mass is 32.2. The fourth-order valence-electron chi connectivity index (χ4n) is 6.22. The molecule has 0 bridgehead atoms. The van der Waals surface area contributed by atoms with Crippen LogP contribution in [0, 0.1) is 5.41 Å². The summed E-state index contributed by atoms with van der Waals surface area (Å²) in [6.45, 7) is 6.86. The van der Waals surface area contributed by atoms with Crippen molar-refractivity contribution in [2.75, 3.05) is 16.3 Å². The molecule has 1 aliphatic carbocycles. The van der Waals surface area contributed by atoms with Crippen LogP contribution in [0.25, 0.3) is 5.76 Å². The van der Waals surface area contributed by atoms with Crippen LogP contribution in [0.15, 0.2) is 112 Å². The third kappa shape index (κ3) is 7.85. The lowest BCUT2D eigenvalue weighted by Crippen LogP contribution is -2.53. The largest absolute Gasteiger partial charge is 0.506 e. The Labute approximate surface area is 298 Å². The fourth-order valence-corrected chi connectivity index (χ4v) is 7.92. The Kier molecular flexibility index (Phi) is 9.57. The number of aliphatic hydroxyl groups excluding tert-OH is 1. The van der Waals surface area contributed by atoms with Crippen molar-refractivity contribution >= 4 is 48.8 Å². The molecule has 0 saturated carbocycles. The van der Waals surface area contributed by atoms with Crippen molar-refractivity contribution in [1.29, 1.82) is 0 Å². The van der Waals surface area contributed by atoms with E-state index in [1.54, 1.807) is 24.3 Å². The van der Waals surface area contributed by atoms with Crippen molar-refractivity contribution in [3.63, 3.8) is 0 Å². The third-order valence-electron chi connectivity index (χ3n) is 8.75. The number of aliphatic hydroxyl groups is 1. The molecule has 4 N–H and O–H groups in total. The second-order valence-electron chi connectivity index (χ2n) is 14.0. The molecule has 6 rings (SSSR count). The lowest BCUT2D eigenvalue weighted by molar-refractivity contribution is -0.122. The smallest absolute Gasteiger partial charge is 0.286 e. The van der Waals surface area contributed by atoms with Gasteiger partial charge in [0.25, 0.3) is 10.0 Å². The van der Waals surface area contributed by atoms with Crippen LogP contribution in [-0.2, 0) is 43.5 Å². The molecule has 0 radical (unpaired) electrons. The average molecular weight is 729 g/mol. The van der Waals surface area contributed by atoms with Gasteiger partial charge in [-0.25, -0.2) is 8.42 Å². The predicted octanol–water partition coefficient (Wildman–Crippen LogP) is 6.51. The number of carbonyl (C=O) groups is 1. The van der Waals surface area contributed by atoms with E-state index in [1.165, 1.54) is 12.1 Å². The molecule has 1 atom stereocenters. The van der Waals surface area contributed by atoms with Gasteiger partial charge in [0.2, 0.25) is 10.0 Å². The van der Waals surface area contributed by atoms with Crippen molar-refractivity contribution < 1.29 is 31.5 Å². The van der Waals surface area contributed by atoms with Crippen LogP contribution >= 0.6 is 0 Å². The highest BCUT2D eigenvalue weighted by Gasteiger charge is 2.49. The number of Topliss-reactive ketones (excluding diaryl/α,β-unsaturated/α-hetero) is 1. The second kappa shape index (κ2) is 13.6. The molecule has 1 heterocycles. The standard InChI is InChI=1S/C38H40N4O7S2/c1-37(2,3)19-20-38(39-23-26-13-10-14-28(21-26)49-24-25-11-6-5-7-12-25)30-16-9-8-15-29(30)34(43)33(35(38)44)36-40-31-18-17-27(41-50(4,45)46)22-32(31)51(47,48)42-36/h5-18,21-22,39,41,43H,19-20,23-24H2,1-4H3,(H,40,42). The summed E-state index contributed by atoms with van der Waals surface area (Å²) in [5, 5.41) is 18.2. The Hall–Kier alpha value is -4.98. The molecular weight excluding hydrogens is 689 g/mol. The van der Waals surface area contributed by atoms with Gasteiger partial charge in [-0.15, -0.1) is 4.40 Å². The zero-order valence-electron chi connectivity index (χ0n) is 28.7. The molecule has 4 aromatic carbocycles. The van der Waals surface area contributed by atoms with Crippen LogP contribution < -0.4 is 20.1 Å². The van der Waals surface area contributed by atoms with Crippen molar-refractivity contribution in [1.82, 2.24) is 5.32 Å². The van der Waals surface area contributed by atoms with Crippen molar-refractivity contribution in [2.24, 2.45) is 9.81 Å². The number of carbonyl (C=O) groups excluding carboxylic acids is 1. The number of anilines is 2. The maximum absolute atomic E-state index is 15.0. The number of rotatable bonds is 11. The first-order valence-corrected chi connectivity index (χ1v) is 19.7. The molecule has 0 amide bonds. The summed E-state index contributed by atoms with van der Waals surface area (Å²) in [5.74, 6) is -0.614. The van der Waals surface area contributed by atoms with Crippen LogP contribution in [-0.4, -0.2) is 39.8 Å². The van der Waals surface area contributed by atoms with Crippen molar-refractivity contribution in [3.05, 3.63) is 125 Å². The first kappa shape index (κ1) is 35.8. The van der Waals surface area contributed by atoms with E-state index < -0.39 is 37.1 Å². The molecule has 266 valence electrons. The van der Waals surface area contributed by atoms with Gasteiger partial charge in [0, 0.05) is 17.8 Å². The first-order valence-electron chi connectivity index (χ1n) is 16.4. The van der Waals surface area contributed by atoms with E-state index in [4.69, 9.17) is 4.74 Å². The summed E-state index contributed by atoms with van der Waals surface area (Å²) in [6, 6.07) is 28.4. The number of benzene rings is 4. The van der Waals surface area contributed by atoms with Crippen molar-refractivity contribution in [3.8, 4) is 5.75 Å². The van der Waals surface area contributed by atoms with Gasteiger partial charge in [0.05, 0.1) is 11.9 Å². The average Bonchev–Trinajstić information content (AvgIpc) is 3.07. The minimum atomic E-state index is -4.44. The van der Waals surface area contributed by atoms with Gasteiger partial charge in [-0.05, 0) is 65.3 Å². The van der Waals surface area contributed by atoms with Crippen LogP contribution in [0.2, 0.25) is 0 Å². The molecule has 1 aliphatic heterocycles. The van der Waals surface area contributed by atoms with Gasteiger partial charge in [0.1, 0.15) is 34.1 Å². The lowest BCUT2D eigenvalue weighted by atomic mass is 9.69. The Morgan fingerprint density at radius 2 is 1.63 bits per heavy atom. The number of hydrogen-bond donors (Lipinski definition) is 4. The number of hydrogen-bond acceptors (Lipinski definition) is 9. The maximum atomic E-state index is 15.0. The molecule has 13 heteroatoms. The van der Waals surface area contributed by atoms with Crippen LogP contribution in [0.1, 0.15) is 55.9 Å². The summed E-state index contributed by atoms with van der Waals surface area (Å²) in [5.41, 5.74) is 1.08. The normalized spacial score (nSPS) is 18.3. The highest BCUT2D eigenvalue weighted by Crippen LogP contribution is 2.44. The van der Waals surface area contributed by atoms with E-state index in [-0.39, 0.29) is 39.6 Å². The monoisotopic (exact) mass is 728 g/mol. The number of ketones is 1. The van der Waals surface area contributed by atoms with E-state index in [0.29, 0.717) is 36.3 Å². The number of amidine groups is 1. The van der Waals surface area contributed by atoms with Gasteiger partial charge >= 0.3 is 0 Å². The molecule has 0 fully saturated rings. The van der Waals surface area contributed by atoms with Gasteiger partial charge in [-0.1, -0.05) is 87.5 Å². The van der Waals surface area contributed by atoms with Crippen LogP contribution in [0.3, 0.4) is 0 Å². The molecule has 51 heavy (non-hydrogen) atoms. The van der Waals surface area contributed by atoms with Crippen molar-refractivity contribution in [2.45, 2.75) is 57.2 Å². The van der Waals surface area contributed by atoms with E-state index in [0.717, 1.165) is 23.4 Å². The molecule has 1 unspecified atom stereocenters. The van der Waals surface area contributed by atoms with Gasteiger partial charge in [0.15, 0.2) is 11.6 Å². The summed E-state index contributed by atoms with van der Waals surface area (Å²) in [6.07, 6.45) is 1.88. The number of nitrogens with zero attached hydrogens (tertiary/aromatic N) is 1. The zero-order valence-corrected chi connectivity index (χ0v) is 30.4. The summed E-state index contributed by atoms with van der Waals surface area (Å²) < 4.78 is 63.0. The third-order valence-corrected chi connectivity index (χ3v) is 10.7. The number of fused-ring (bicyclic) bond motifs is 2. The molecule has 11 nitrogen and oxygen atoms in total. The summed E-state index contributed by atoms with van der Waals surface area (Å²) >= 11 is 0. The molecular formula is C38H40N4O7S2. The quantitative estimate of drug-likeness (QED) is 0.135. The van der Waals surface area contributed by atoms with Gasteiger partial charge in [-0.3, -0.25) is 14.8 Å². The Morgan fingerprint density at radius 3 is 2.35 bits per heavy atom. The SMILES string of the molecule is CC(C)(C)CCC1(NCc2cccc(OCc3ccccc3)c2)C(=O)C(C2=NS(=O)(=O)c3cc(NS(C)(=O)=O)ccc3N2)=C(O)c2ccccc21. The number of ether oxygens (including phenoxy) is 1. The maximum Gasteiger partial charge on any atom is 0.286 e. The zero-order chi connectivity index (χ0) is 36.6. The Balaban J connectivity index is 1.38. The van der Waals surface area contributed by atoms with E-state index in [1.807, 2.05) is 54.6 Å². The highest BCUT2D eigenvalue weighted by molar-refractivity contribution is 7.92. The number of nitrogens with one attached hydrogen (secondary N) is 3. The van der Waals surface area contributed by atoms with Crippen LogP contribution in [0.5, 0.6) is 5.75 Å².